The van der Waals surface area contributed by atoms with Crippen molar-refractivity contribution in [2.24, 2.45) is 5.73 Å². The Morgan fingerprint density at radius 3 is 2.63 bits per heavy atom. The summed E-state index contributed by atoms with van der Waals surface area (Å²) < 4.78 is 0. The Bertz CT molecular complexity index is 1110. The van der Waals surface area contributed by atoms with Crippen LogP contribution in [0.1, 0.15) is 34.8 Å². The lowest BCUT2D eigenvalue weighted by molar-refractivity contribution is -0.144. The molecule has 0 saturated carbocycles. The van der Waals surface area contributed by atoms with Crippen LogP contribution in [0.5, 0.6) is 0 Å². The summed E-state index contributed by atoms with van der Waals surface area (Å²) in [5, 5.41) is 13.5. The fourth-order valence-corrected chi connectivity index (χ4v) is 4.10. The Morgan fingerprint density at radius 2 is 1.93 bits per heavy atom. The van der Waals surface area contributed by atoms with Crippen molar-refractivity contribution >= 4 is 34.4 Å². The third-order valence-corrected chi connectivity index (χ3v) is 5.49. The van der Waals surface area contributed by atoms with Gasteiger partial charge in [-0.05, 0) is 37.1 Å². The molecule has 8 heteroatoms. The maximum atomic E-state index is 12.4. The predicted molar refractivity (Wildman–Crippen MR) is 112 cm³/mol. The minimum absolute atomic E-state index is 0.230. The first-order valence-corrected chi connectivity index (χ1v) is 9.71. The number of anilines is 1. The van der Waals surface area contributed by atoms with E-state index < -0.39 is 24.0 Å². The lowest BCUT2D eigenvalue weighted by Crippen LogP contribution is -2.44. The predicted octanol–water partition coefficient (Wildman–Crippen LogP) is 2.50. The third-order valence-electron chi connectivity index (χ3n) is 5.49. The van der Waals surface area contributed by atoms with Crippen molar-refractivity contribution in [2.75, 3.05) is 11.9 Å². The molecule has 0 bridgehead atoms. The molecule has 8 nitrogen and oxygen atoms in total. The summed E-state index contributed by atoms with van der Waals surface area (Å²) in [5.41, 5.74) is 7.87. The second-order valence-corrected chi connectivity index (χ2v) is 7.36. The SMILES string of the molecule is NC(=O)[C@@H]1CCCN1[C@H](C(=O)O)c1c[nH]c2cc(NC(=O)c3ccccc3)ccc12. The number of amides is 2. The molecule has 4 rings (SSSR count). The van der Waals surface area contributed by atoms with E-state index in [0.717, 1.165) is 11.8 Å². The monoisotopic (exact) mass is 406 g/mol. The van der Waals surface area contributed by atoms with Crippen molar-refractivity contribution in [2.45, 2.75) is 24.9 Å². The average molecular weight is 406 g/mol. The van der Waals surface area contributed by atoms with Gasteiger partial charge in [-0.2, -0.15) is 0 Å². The maximum Gasteiger partial charge on any atom is 0.325 e. The van der Waals surface area contributed by atoms with Crippen LogP contribution in [0, 0.1) is 0 Å². The number of nitrogens with one attached hydrogen (secondary N) is 2. The van der Waals surface area contributed by atoms with Crippen molar-refractivity contribution in [3.05, 3.63) is 65.9 Å². The summed E-state index contributed by atoms with van der Waals surface area (Å²) in [7, 11) is 0. The Morgan fingerprint density at radius 1 is 1.17 bits per heavy atom. The summed E-state index contributed by atoms with van der Waals surface area (Å²) in [6.45, 7) is 0.489. The van der Waals surface area contributed by atoms with E-state index >= 15 is 0 Å². The van der Waals surface area contributed by atoms with E-state index in [1.807, 2.05) is 6.07 Å². The average Bonchev–Trinajstić information content (AvgIpc) is 3.36. The number of carbonyl (C=O) groups is 3. The second-order valence-electron chi connectivity index (χ2n) is 7.36. The van der Waals surface area contributed by atoms with Gasteiger partial charge in [-0.25, -0.2) is 0 Å². The number of rotatable bonds is 6. The molecule has 1 aliphatic heterocycles. The van der Waals surface area contributed by atoms with Crippen molar-refractivity contribution in [1.82, 2.24) is 9.88 Å². The van der Waals surface area contributed by atoms with E-state index in [9.17, 15) is 19.5 Å². The van der Waals surface area contributed by atoms with Gasteiger partial charge in [0.1, 0.15) is 6.04 Å². The number of hydrogen-bond acceptors (Lipinski definition) is 4. The smallest absolute Gasteiger partial charge is 0.325 e. The normalized spacial score (nSPS) is 17.7. The minimum atomic E-state index is -1.04. The van der Waals surface area contributed by atoms with Crippen LogP contribution in [-0.4, -0.2) is 45.4 Å². The van der Waals surface area contributed by atoms with E-state index in [1.54, 1.807) is 53.6 Å². The number of benzene rings is 2. The number of fused-ring (bicyclic) bond motifs is 1. The summed E-state index contributed by atoms with van der Waals surface area (Å²) >= 11 is 0. The summed E-state index contributed by atoms with van der Waals surface area (Å²) in [6, 6.07) is 12.6. The van der Waals surface area contributed by atoms with Crippen LogP contribution >= 0.6 is 0 Å². The first-order valence-electron chi connectivity index (χ1n) is 9.71. The standard InChI is InChI=1S/C22H22N4O4/c23-20(27)18-7-4-10-26(18)19(22(29)30)16-12-24-17-11-14(8-9-15(16)17)25-21(28)13-5-2-1-3-6-13/h1-3,5-6,8-9,11-12,18-19,24H,4,7,10H2,(H2,23,27)(H,25,28)(H,29,30)/t18-,19-/m0/s1. The van der Waals surface area contributed by atoms with Gasteiger partial charge in [0, 0.05) is 40.5 Å². The molecule has 2 amide bonds. The van der Waals surface area contributed by atoms with Gasteiger partial charge in [-0.15, -0.1) is 0 Å². The number of aliphatic carboxylic acids is 1. The number of H-pyrrole nitrogens is 1. The van der Waals surface area contributed by atoms with Gasteiger partial charge in [0.2, 0.25) is 5.91 Å². The number of likely N-dealkylation sites (tertiary alicyclic amines) is 1. The minimum Gasteiger partial charge on any atom is -0.480 e. The summed E-state index contributed by atoms with van der Waals surface area (Å²) in [5.74, 6) is -1.78. The molecule has 0 spiro atoms. The highest BCUT2D eigenvalue weighted by Crippen LogP contribution is 2.34. The van der Waals surface area contributed by atoms with E-state index in [1.165, 1.54) is 0 Å². The van der Waals surface area contributed by atoms with Crippen molar-refractivity contribution in [1.29, 1.82) is 0 Å². The molecule has 2 atom stereocenters. The fraction of sp³-hybridized carbons (Fsp3) is 0.227. The van der Waals surface area contributed by atoms with E-state index in [4.69, 9.17) is 5.73 Å². The molecular formula is C22H22N4O4. The Labute approximate surface area is 172 Å². The van der Waals surface area contributed by atoms with Crippen molar-refractivity contribution < 1.29 is 19.5 Å². The first kappa shape index (κ1) is 19.7. The Balaban J connectivity index is 1.63. The molecule has 1 saturated heterocycles. The molecule has 0 radical (unpaired) electrons. The van der Waals surface area contributed by atoms with Gasteiger partial charge in [-0.3, -0.25) is 19.3 Å². The number of aromatic amines is 1. The molecule has 1 aliphatic rings. The molecule has 30 heavy (non-hydrogen) atoms. The largest absolute Gasteiger partial charge is 0.480 e. The second kappa shape index (κ2) is 8.00. The summed E-state index contributed by atoms with van der Waals surface area (Å²) in [4.78, 5) is 41.0. The number of carboxylic acids is 1. The summed E-state index contributed by atoms with van der Waals surface area (Å²) in [6.07, 6.45) is 2.91. The van der Waals surface area contributed by atoms with E-state index in [2.05, 4.69) is 10.3 Å². The zero-order chi connectivity index (χ0) is 21.3. The lowest BCUT2D eigenvalue weighted by atomic mass is 10.0. The highest BCUT2D eigenvalue weighted by Gasteiger charge is 2.39. The zero-order valence-corrected chi connectivity index (χ0v) is 16.2. The molecule has 0 unspecified atom stereocenters. The van der Waals surface area contributed by atoms with Crippen LogP contribution in [0.4, 0.5) is 5.69 Å². The number of carboxylic acid groups (broad SMARTS) is 1. The number of primary amides is 1. The van der Waals surface area contributed by atoms with Crippen molar-refractivity contribution in [3.8, 4) is 0 Å². The van der Waals surface area contributed by atoms with E-state index in [0.29, 0.717) is 35.3 Å². The van der Waals surface area contributed by atoms with Gasteiger partial charge >= 0.3 is 5.97 Å². The third kappa shape index (κ3) is 3.65. The fourth-order valence-electron chi connectivity index (χ4n) is 4.10. The van der Waals surface area contributed by atoms with Crippen LogP contribution in [0.25, 0.3) is 10.9 Å². The maximum absolute atomic E-state index is 12.4. The number of nitrogens with zero attached hydrogens (tertiary/aromatic N) is 1. The molecule has 5 N–H and O–H groups in total. The molecule has 1 aromatic heterocycles. The highest BCUT2D eigenvalue weighted by atomic mass is 16.4. The van der Waals surface area contributed by atoms with Crippen LogP contribution in [0.15, 0.2) is 54.7 Å². The quantitative estimate of drug-likeness (QED) is 0.500. The van der Waals surface area contributed by atoms with Gasteiger partial charge in [-0.1, -0.05) is 24.3 Å². The highest BCUT2D eigenvalue weighted by molar-refractivity contribution is 6.05. The molecule has 3 aromatic rings. The molecule has 1 fully saturated rings. The van der Waals surface area contributed by atoms with Crippen LogP contribution in [0.2, 0.25) is 0 Å². The Kier molecular flexibility index (Phi) is 5.24. The van der Waals surface area contributed by atoms with Crippen LogP contribution in [-0.2, 0) is 9.59 Å². The zero-order valence-electron chi connectivity index (χ0n) is 16.2. The Hall–Kier alpha value is -3.65. The van der Waals surface area contributed by atoms with Gasteiger partial charge < -0.3 is 21.1 Å². The van der Waals surface area contributed by atoms with Gasteiger partial charge in [0.15, 0.2) is 0 Å². The number of aromatic nitrogens is 1. The van der Waals surface area contributed by atoms with Gasteiger partial charge in [0.05, 0.1) is 6.04 Å². The molecular weight excluding hydrogens is 384 g/mol. The number of carbonyl (C=O) groups excluding carboxylic acids is 2. The first-order chi connectivity index (χ1) is 14.5. The van der Waals surface area contributed by atoms with Crippen LogP contribution in [0.3, 0.4) is 0 Å². The molecule has 2 aromatic carbocycles. The molecule has 2 heterocycles. The number of hydrogen-bond donors (Lipinski definition) is 4. The van der Waals surface area contributed by atoms with Crippen LogP contribution < -0.4 is 11.1 Å². The molecule has 154 valence electrons. The lowest BCUT2D eigenvalue weighted by Gasteiger charge is -2.28. The topological polar surface area (TPSA) is 129 Å². The van der Waals surface area contributed by atoms with Crippen molar-refractivity contribution in [3.63, 3.8) is 0 Å². The van der Waals surface area contributed by atoms with E-state index in [-0.39, 0.29) is 5.91 Å². The van der Waals surface area contributed by atoms with Gasteiger partial charge in [0.25, 0.3) is 5.91 Å². The number of nitrogens with two attached hydrogens (primary N) is 1. The molecule has 0 aliphatic carbocycles.